The van der Waals surface area contributed by atoms with E-state index in [4.69, 9.17) is 21.1 Å². The van der Waals surface area contributed by atoms with Crippen molar-refractivity contribution in [1.29, 1.82) is 0 Å². The summed E-state index contributed by atoms with van der Waals surface area (Å²) in [5.41, 5.74) is 2.93. The summed E-state index contributed by atoms with van der Waals surface area (Å²) < 4.78 is 10.5. The second kappa shape index (κ2) is 10.5. The van der Waals surface area contributed by atoms with Crippen LogP contribution in [0.1, 0.15) is 24.5 Å². The molecule has 1 atom stereocenters. The third-order valence-electron chi connectivity index (χ3n) is 4.69. The molecule has 0 aromatic heterocycles. The smallest absolute Gasteiger partial charge is 0.240 e. The first-order valence-electron chi connectivity index (χ1n) is 9.69. The number of hydrogen-bond acceptors (Lipinski definition) is 7. The largest absolute Gasteiger partial charge is 0.493 e. The van der Waals surface area contributed by atoms with Gasteiger partial charge < -0.3 is 20.1 Å². The van der Waals surface area contributed by atoms with Crippen molar-refractivity contribution < 1.29 is 19.1 Å². The summed E-state index contributed by atoms with van der Waals surface area (Å²) in [7, 11) is 3.12. The Kier molecular flexibility index (Phi) is 7.76. The molecule has 0 saturated carbocycles. The van der Waals surface area contributed by atoms with E-state index in [1.165, 1.54) is 0 Å². The average Bonchev–Trinajstić information content (AvgIpc) is 3.12. The first-order chi connectivity index (χ1) is 15.3. The molecule has 1 heterocycles. The van der Waals surface area contributed by atoms with Crippen LogP contribution in [0, 0.1) is 6.92 Å². The molecule has 3 rings (SSSR count). The van der Waals surface area contributed by atoms with Crippen molar-refractivity contribution in [2.75, 3.05) is 19.5 Å². The molecule has 2 aromatic carbocycles. The number of carbonyl (C=O) groups excluding carboxylic acids is 2. The van der Waals surface area contributed by atoms with E-state index in [9.17, 15) is 9.59 Å². The number of thioether (sulfide) groups is 1. The van der Waals surface area contributed by atoms with Crippen LogP contribution in [-0.4, -0.2) is 42.2 Å². The highest BCUT2D eigenvalue weighted by Crippen LogP contribution is 2.28. The van der Waals surface area contributed by atoms with Crippen LogP contribution in [0.2, 0.25) is 5.02 Å². The molecule has 1 aliphatic heterocycles. The molecule has 2 amide bonds. The maximum absolute atomic E-state index is 12.3. The van der Waals surface area contributed by atoms with Crippen LogP contribution < -0.4 is 20.1 Å². The lowest BCUT2D eigenvalue weighted by Crippen LogP contribution is -2.28. The van der Waals surface area contributed by atoms with Crippen molar-refractivity contribution in [2.24, 2.45) is 10.2 Å². The van der Waals surface area contributed by atoms with Crippen LogP contribution in [0.15, 0.2) is 46.6 Å². The van der Waals surface area contributed by atoms with Gasteiger partial charge in [0.25, 0.3) is 0 Å². The van der Waals surface area contributed by atoms with E-state index in [0.717, 1.165) is 22.9 Å². The number of hydrogen-bond donors (Lipinski definition) is 2. The summed E-state index contributed by atoms with van der Waals surface area (Å²) in [5, 5.41) is 14.1. The Labute approximate surface area is 195 Å². The van der Waals surface area contributed by atoms with Gasteiger partial charge in [0.05, 0.1) is 19.9 Å². The lowest BCUT2D eigenvalue weighted by atomic mass is 10.1. The van der Waals surface area contributed by atoms with Crippen LogP contribution in [0.5, 0.6) is 11.5 Å². The van der Waals surface area contributed by atoms with Crippen molar-refractivity contribution in [3.63, 3.8) is 0 Å². The first-order valence-corrected chi connectivity index (χ1v) is 10.9. The van der Waals surface area contributed by atoms with Crippen LogP contribution in [0.25, 0.3) is 0 Å². The number of amides is 2. The number of nitrogens with one attached hydrogen (secondary N) is 2. The summed E-state index contributed by atoms with van der Waals surface area (Å²) >= 11 is 7.25. The van der Waals surface area contributed by atoms with E-state index in [1.807, 2.05) is 19.1 Å². The highest BCUT2D eigenvalue weighted by atomic mass is 35.5. The highest BCUT2D eigenvalue weighted by molar-refractivity contribution is 8.15. The third-order valence-corrected chi connectivity index (χ3v) is 6.17. The van der Waals surface area contributed by atoms with Crippen molar-refractivity contribution in [2.45, 2.75) is 25.5 Å². The van der Waals surface area contributed by atoms with Crippen molar-refractivity contribution in [3.8, 4) is 11.5 Å². The van der Waals surface area contributed by atoms with Crippen molar-refractivity contribution in [1.82, 2.24) is 5.32 Å². The molecule has 8 nitrogen and oxygen atoms in total. The number of rotatable bonds is 7. The molecule has 0 aliphatic carbocycles. The number of ether oxygens (including phenoxy) is 2. The summed E-state index contributed by atoms with van der Waals surface area (Å²) in [6, 6.07) is 10.7. The van der Waals surface area contributed by atoms with Gasteiger partial charge in [0.2, 0.25) is 11.8 Å². The van der Waals surface area contributed by atoms with E-state index >= 15 is 0 Å². The van der Waals surface area contributed by atoms with Crippen LogP contribution in [0.3, 0.4) is 0 Å². The second-order valence-electron chi connectivity index (χ2n) is 6.97. The van der Waals surface area contributed by atoms with Crippen LogP contribution >= 0.6 is 23.4 Å². The molecule has 0 bridgehead atoms. The third kappa shape index (κ3) is 5.80. The summed E-state index contributed by atoms with van der Waals surface area (Å²) in [6.07, 6.45) is -0.000605. The molecule has 32 heavy (non-hydrogen) atoms. The van der Waals surface area contributed by atoms with E-state index in [-0.39, 0.29) is 18.2 Å². The van der Waals surface area contributed by atoms with Gasteiger partial charge in [0, 0.05) is 22.7 Å². The molecule has 2 N–H and O–H groups in total. The molecule has 1 saturated heterocycles. The van der Waals surface area contributed by atoms with E-state index in [0.29, 0.717) is 33.1 Å². The number of benzene rings is 2. The Hall–Kier alpha value is -3.04. The molecule has 0 radical (unpaired) electrons. The Balaban J connectivity index is 1.63. The lowest BCUT2D eigenvalue weighted by Gasteiger charge is -2.09. The predicted molar refractivity (Wildman–Crippen MR) is 128 cm³/mol. The van der Waals surface area contributed by atoms with Crippen molar-refractivity contribution in [3.05, 3.63) is 52.5 Å². The fourth-order valence-corrected chi connectivity index (χ4v) is 3.98. The van der Waals surface area contributed by atoms with Crippen molar-refractivity contribution >= 4 is 51.7 Å². The maximum atomic E-state index is 12.3. The second-order valence-corrected chi connectivity index (χ2v) is 8.57. The Bertz CT molecular complexity index is 1100. The van der Waals surface area contributed by atoms with Gasteiger partial charge in [0.15, 0.2) is 16.7 Å². The van der Waals surface area contributed by atoms with Gasteiger partial charge in [-0.05, 0) is 49.7 Å². The van der Waals surface area contributed by atoms with Gasteiger partial charge in [-0.15, -0.1) is 5.10 Å². The van der Waals surface area contributed by atoms with E-state index < -0.39 is 5.25 Å². The number of carbonyl (C=O) groups is 2. The molecule has 168 valence electrons. The van der Waals surface area contributed by atoms with Gasteiger partial charge in [-0.3, -0.25) is 9.59 Å². The number of methoxy groups -OCH3 is 2. The van der Waals surface area contributed by atoms with Crippen LogP contribution in [0.4, 0.5) is 5.69 Å². The molecule has 10 heteroatoms. The summed E-state index contributed by atoms with van der Waals surface area (Å²) in [6.45, 7) is 3.67. The number of anilines is 1. The topological polar surface area (TPSA) is 101 Å². The molecular weight excluding hydrogens is 452 g/mol. The standard InChI is InChI=1S/C22H23ClN4O4S/c1-12-5-7-15(10-16(12)23)24-20(28)11-19-21(29)25-22(32-19)27-26-13(2)14-6-8-17(30-3)18(9-14)31-4/h5-10,19H,11H2,1-4H3,(H,24,28)(H,25,27,29). The number of aryl methyl sites for hydroxylation is 1. The van der Waals surface area contributed by atoms with E-state index in [1.54, 1.807) is 45.4 Å². The van der Waals surface area contributed by atoms with Gasteiger partial charge in [-0.25, -0.2) is 0 Å². The molecule has 2 aromatic rings. The van der Waals surface area contributed by atoms with E-state index in [2.05, 4.69) is 20.8 Å². The minimum Gasteiger partial charge on any atom is -0.493 e. The summed E-state index contributed by atoms with van der Waals surface area (Å²) in [5.74, 6) is 0.619. The number of amidine groups is 1. The minimum atomic E-state index is -0.591. The normalized spacial score (nSPS) is 17.3. The zero-order chi connectivity index (χ0) is 23.3. The fraction of sp³-hybridized carbons (Fsp3) is 0.273. The fourth-order valence-electron chi connectivity index (χ4n) is 2.88. The van der Waals surface area contributed by atoms with Gasteiger partial charge >= 0.3 is 0 Å². The highest BCUT2D eigenvalue weighted by Gasteiger charge is 2.32. The zero-order valence-corrected chi connectivity index (χ0v) is 19.6. The summed E-state index contributed by atoms with van der Waals surface area (Å²) in [4.78, 5) is 24.6. The Morgan fingerprint density at radius 1 is 1.19 bits per heavy atom. The lowest BCUT2D eigenvalue weighted by molar-refractivity contribution is -0.122. The number of halogens is 1. The number of nitrogens with zero attached hydrogens (tertiary/aromatic N) is 2. The van der Waals surface area contributed by atoms with Crippen LogP contribution in [-0.2, 0) is 9.59 Å². The SMILES string of the molecule is COc1ccc(C(C)=N/N=C2/NC(=O)C(CC(=O)Nc3ccc(C)c(Cl)c3)S2)cc1OC. The molecule has 1 fully saturated rings. The average molecular weight is 475 g/mol. The Morgan fingerprint density at radius 3 is 2.62 bits per heavy atom. The van der Waals surface area contributed by atoms with Gasteiger partial charge in [0.1, 0.15) is 5.25 Å². The molecule has 0 spiro atoms. The van der Waals surface area contributed by atoms with Gasteiger partial charge in [-0.1, -0.05) is 29.4 Å². The predicted octanol–water partition coefficient (Wildman–Crippen LogP) is 4.01. The Morgan fingerprint density at radius 2 is 1.94 bits per heavy atom. The first kappa shape index (κ1) is 23.6. The quantitative estimate of drug-likeness (QED) is 0.466. The zero-order valence-electron chi connectivity index (χ0n) is 18.1. The minimum absolute atomic E-state index is 0.000605. The maximum Gasteiger partial charge on any atom is 0.240 e. The molecule has 1 unspecified atom stereocenters. The van der Waals surface area contributed by atoms with Gasteiger partial charge in [-0.2, -0.15) is 5.10 Å². The molecular formula is C22H23ClN4O4S. The monoisotopic (exact) mass is 474 g/mol. The molecule has 1 aliphatic rings.